The Morgan fingerprint density at radius 3 is 2.23 bits per heavy atom. The molecular weight excluding hydrogens is 502 g/mol. The maximum absolute atomic E-state index is 13.4. The number of aromatic nitrogens is 1. The van der Waals surface area contributed by atoms with Crippen LogP contribution in [0.4, 0.5) is 4.79 Å². The highest BCUT2D eigenvalue weighted by Gasteiger charge is 2.31. The largest absolute Gasteiger partial charge is 0.463 e. The number of aliphatic hydroxyl groups excluding tert-OH is 1. The molecule has 0 bridgehead atoms. The van der Waals surface area contributed by atoms with E-state index < -0.39 is 36.2 Å². The molecule has 3 aromatic rings. The number of amides is 2. The summed E-state index contributed by atoms with van der Waals surface area (Å²) >= 11 is 0. The fourth-order valence-corrected chi connectivity index (χ4v) is 3.96. The fourth-order valence-electron chi connectivity index (χ4n) is 3.96. The minimum Gasteiger partial charge on any atom is -0.463 e. The van der Waals surface area contributed by atoms with Crippen molar-refractivity contribution < 1.29 is 33.4 Å². The number of carbonyl (C=O) groups excluding carboxylic acids is 3. The van der Waals surface area contributed by atoms with Gasteiger partial charge in [0.2, 0.25) is 17.6 Å². The molecular formula is C29H35N3O7. The standard InChI is InChI=1S/C29H35N3O7/c1-19(2)16-23(32-29(36)38-18-21-12-8-5-9-13-21)26(34)31-22(15-14-20-10-6-4-7-11-20)25(33)27-30-17-24(39-27)28(35)37-3/h4-13,17,19,22-23,25,33H,14-16,18H2,1-3H3,(H,31,34)(H,32,36)/t22-,23-,25?/m0/s1. The Bertz CT molecular complexity index is 1200. The van der Waals surface area contributed by atoms with Crippen molar-refractivity contribution in [2.75, 3.05) is 7.11 Å². The van der Waals surface area contributed by atoms with Crippen LogP contribution in [0.25, 0.3) is 0 Å². The van der Waals surface area contributed by atoms with E-state index in [1.165, 1.54) is 7.11 Å². The van der Waals surface area contributed by atoms with Crippen molar-refractivity contribution in [2.45, 2.75) is 57.9 Å². The third-order valence-corrected chi connectivity index (χ3v) is 5.99. The minimum absolute atomic E-state index is 0.0633. The molecule has 10 heteroatoms. The number of carbonyl (C=O) groups is 3. The molecule has 3 atom stereocenters. The maximum Gasteiger partial charge on any atom is 0.408 e. The summed E-state index contributed by atoms with van der Waals surface area (Å²) in [7, 11) is 1.20. The van der Waals surface area contributed by atoms with Crippen LogP contribution in [0.5, 0.6) is 0 Å². The van der Waals surface area contributed by atoms with E-state index in [2.05, 4.69) is 20.4 Å². The molecule has 0 saturated carbocycles. The number of rotatable bonds is 13. The lowest BCUT2D eigenvalue weighted by Gasteiger charge is -2.26. The van der Waals surface area contributed by atoms with Gasteiger partial charge in [-0.15, -0.1) is 0 Å². The van der Waals surface area contributed by atoms with Gasteiger partial charge < -0.3 is 29.6 Å². The lowest BCUT2D eigenvalue weighted by atomic mass is 9.99. The summed E-state index contributed by atoms with van der Waals surface area (Å²) in [5.74, 6) is -1.44. The van der Waals surface area contributed by atoms with Gasteiger partial charge in [0.1, 0.15) is 12.6 Å². The normalized spacial score (nSPS) is 13.3. The second-order valence-corrected chi connectivity index (χ2v) is 9.53. The highest BCUT2D eigenvalue weighted by Crippen LogP contribution is 2.22. The van der Waals surface area contributed by atoms with E-state index in [-0.39, 0.29) is 24.2 Å². The van der Waals surface area contributed by atoms with E-state index in [0.717, 1.165) is 17.3 Å². The zero-order chi connectivity index (χ0) is 28.2. The van der Waals surface area contributed by atoms with Crippen LogP contribution in [0.2, 0.25) is 0 Å². The van der Waals surface area contributed by atoms with Crippen molar-refractivity contribution in [2.24, 2.45) is 5.92 Å². The number of alkyl carbamates (subject to hydrolysis) is 1. The number of oxazole rings is 1. The van der Waals surface area contributed by atoms with E-state index in [4.69, 9.17) is 9.15 Å². The number of ether oxygens (including phenoxy) is 2. The first kappa shape index (κ1) is 29.4. The van der Waals surface area contributed by atoms with Crippen molar-refractivity contribution in [3.8, 4) is 0 Å². The highest BCUT2D eigenvalue weighted by atomic mass is 16.5. The molecule has 2 amide bonds. The molecule has 208 valence electrons. The average Bonchev–Trinajstić information content (AvgIpc) is 3.44. The number of hydrogen-bond acceptors (Lipinski definition) is 8. The van der Waals surface area contributed by atoms with Crippen molar-refractivity contribution in [1.29, 1.82) is 0 Å². The third kappa shape index (κ3) is 9.26. The van der Waals surface area contributed by atoms with Crippen molar-refractivity contribution >= 4 is 18.0 Å². The number of benzene rings is 2. The number of nitrogens with one attached hydrogen (secondary N) is 2. The van der Waals surface area contributed by atoms with Gasteiger partial charge in [-0.25, -0.2) is 14.6 Å². The van der Waals surface area contributed by atoms with Gasteiger partial charge in [-0.05, 0) is 36.3 Å². The number of hydrogen-bond donors (Lipinski definition) is 3. The van der Waals surface area contributed by atoms with Crippen LogP contribution < -0.4 is 10.6 Å². The van der Waals surface area contributed by atoms with Crippen LogP contribution in [-0.2, 0) is 27.3 Å². The first-order valence-electron chi connectivity index (χ1n) is 12.8. The van der Waals surface area contributed by atoms with Crippen LogP contribution in [0.1, 0.15) is 60.4 Å². The van der Waals surface area contributed by atoms with Crippen molar-refractivity contribution in [1.82, 2.24) is 15.6 Å². The molecule has 0 aliphatic heterocycles. The molecule has 10 nitrogen and oxygen atoms in total. The maximum atomic E-state index is 13.4. The minimum atomic E-state index is -1.36. The van der Waals surface area contributed by atoms with Crippen LogP contribution in [-0.4, -0.2) is 47.3 Å². The van der Waals surface area contributed by atoms with Gasteiger partial charge in [0.05, 0.1) is 19.3 Å². The van der Waals surface area contributed by atoms with Crippen molar-refractivity contribution in [3.05, 3.63) is 89.6 Å². The predicted octanol–water partition coefficient (Wildman–Crippen LogP) is 3.95. The molecule has 0 aliphatic rings. The lowest BCUT2D eigenvalue weighted by Crippen LogP contribution is -2.51. The zero-order valence-corrected chi connectivity index (χ0v) is 22.3. The topological polar surface area (TPSA) is 140 Å². The van der Waals surface area contributed by atoms with Gasteiger partial charge in [0, 0.05) is 0 Å². The fraction of sp³-hybridized carbons (Fsp3) is 0.379. The van der Waals surface area contributed by atoms with E-state index in [0.29, 0.717) is 19.3 Å². The highest BCUT2D eigenvalue weighted by molar-refractivity contribution is 5.86. The Hall–Kier alpha value is -4.18. The summed E-state index contributed by atoms with van der Waals surface area (Å²) in [5, 5.41) is 16.6. The average molecular weight is 538 g/mol. The molecule has 0 radical (unpaired) electrons. The number of aliphatic hydroxyl groups is 1. The summed E-state index contributed by atoms with van der Waals surface area (Å²) in [4.78, 5) is 41.7. The van der Waals surface area contributed by atoms with E-state index in [9.17, 15) is 19.5 Å². The van der Waals surface area contributed by atoms with E-state index in [1.807, 2.05) is 74.5 Å². The summed E-state index contributed by atoms with van der Waals surface area (Å²) in [5.41, 5.74) is 1.83. The van der Waals surface area contributed by atoms with Crippen LogP contribution in [0, 0.1) is 5.92 Å². The van der Waals surface area contributed by atoms with Gasteiger partial charge >= 0.3 is 12.1 Å². The molecule has 0 spiro atoms. The summed E-state index contributed by atoms with van der Waals surface area (Å²) in [6, 6.07) is 17.1. The van der Waals surface area contributed by atoms with E-state index >= 15 is 0 Å². The number of esters is 1. The summed E-state index contributed by atoms with van der Waals surface area (Å²) in [6.45, 7) is 3.92. The van der Waals surface area contributed by atoms with Crippen molar-refractivity contribution in [3.63, 3.8) is 0 Å². The second kappa shape index (κ2) is 14.7. The summed E-state index contributed by atoms with van der Waals surface area (Å²) < 4.78 is 15.3. The van der Waals surface area contributed by atoms with Crippen LogP contribution in [0.15, 0.2) is 71.3 Å². The first-order valence-corrected chi connectivity index (χ1v) is 12.8. The molecule has 39 heavy (non-hydrogen) atoms. The Labute approximate surface area is 227 Å². The molecule has 2 aromatic carbocycles. The van der Waals surface area contributed by atoms with Gasteiger partial charge in [-0.2, -0.15) is 0 Å². The molecule has 3 N–H and O–H groups in total. The summed E-state index contributed by atoms with van der Waals surface area (Å²) in [6.07, 6.45) is 0.289. The van der Waals surface area contributed by atoms with Gasteiger partial charge in [0.25, 0.3) is 0 Å². The lowest BCUT2D eigenvalue weighted by molar-refractivity contribution is -0.125. The van der Waals surface area contributed by atoms with Gasteiger partial charge in [-0.3, -0.25) is 4.79 Å². The molecule has 1 aromatic heterocycles. The Morgan fingerprint density at radius 2 is 1.62 bits per heavy atom. The van der Waals surface area contributed by atoms with Gasteiger partial charge in [0.15, 0.2) is 6.10 Å². The number of nitrogens with zero attached hydrogens (tertiary/aromatic N) is 1. The van der Waals surface area contributed by atoms with Crippen LogP contribution in [0.3, 0.4) is 0 Å². The molecule has 1 unspecified atom stereocenters. The van der Waals surface area contributed by atoms with E-state index in [1.54, 1.807) is 0 Å². The van der Waals surface area contributed by atoms with Crippen LogP contribution >= 0.6 is 0 Å². The monoisotopic (exact) mass is 537 g/mol. The number of aryl methyl sites for hydroxylation is 1. The zero-order valence-electron chi connectivity index (χ0n) is 22.3. The molecule has 0 fully saturated rings. The molecule has 1 heterocycles. The first-order chi connectivity index (χ1) is 18.8. The predicted molar refractivity (Wildman–Crippen MR) is 143 cm³/mol. The SMILES string of the molecule is COC(=O)c1cnc(C(O)[C@H](CCc2ccccc2)NC(=O)[C@H](CC(C)C)NC(=O)OCc2ccccc2)o1. The Morgan fingerprint density at radius 1 is 0.974 bits per heavy atom. The smallest absolute Gasteiger partial charge is 0.408 e. The molecule has 0 saturated heterocycles. The molecule has 0 aliphatic carbocycles. The third-order valence-electron chi connectivity index (χ3n) is 5.99. The van der Waals surface area contributed by atoms with Gasteiger partial charge in [-0.1, -0.05) is 74.5 Å². The Kier molecular flexibility index (Phi) is 11.1. The quantitative estimate of drug-likeness (QED) is 0.279. The Balaban J connectivity index is 1.72. The second-order valence-electron chi connectivity index (χ2n) is 9.53. The number of methoxy groups -OCH3 is 1. The molecule has 3 rings (SSSR count).